The van der Waals surface area contributed by atoms with Gasteiger partial charge in [0, 0.05) is 16.7 Å². The summed E-state index contributed by atoms with van der Waals surface area (Å²) in [4.78, 5) is 29.2. The van der Waals surface area contributed by atoms with Crippen molar-refractivity contribution >= 4 is 23.5 Å². The number of hydrogen-bond acceptors (Lipinski definition) is 6. The van der Waals surface area contributed by atoms with E-state index in [9.17, 15) is 18.4 Å². The Bertz CT molecular complexity index is 1430. The van der Waals surface area contributed by atoms with Gasteiger partial charge in [0.25, 0.3) is 0 Å². The number of nitrogens with zero attached hydrogens (tertiary/aromatic N) is 1. The van der Waals surface area contributed by atoms with Crippen molar-refractivity contribution in [1.29, 1.82) is 0 Å². The van der Waals surface area contributed by atoms with Crippen LogP contribution in [0, 0.1) is 11.6 Å². The summed E-state index contributed by atoms with van der Waals surface area (Å²) in [5, 5.41) is 11.8. The summed E-state index contributed by atoms with van der Waals surface area (Å²) in [6, 6.07) is 20.5. The van der Waals surface area contributed by atoms with Gasteiger partial charge in [-0.1, -0.05) is 36.4 Å². The van der Waals surface area contributed by atoms with Crippen LogP contribution in [0.4, 0.5) is 8.78 Å². The fourth-order valence-corrected chi connectivity index (χ4v) is 4.49. The largest absolute Gasteiger partial charge is 0.489 e. The molecule has 2 N–H and O–H groups in total. The minimum absolute atomic E-state index is 0.179. The van der Waals surface area contributed by atoms with Crippen LogP contribution in [-0.2, 0) is 11.4 Å². The Kier molecular flexibility index (Phi) is 8.83. The van der Waals surface area contributed by atoms with Crippen LogP contribution >= 0.6 is 11.8 Å². The molecule has 0 fully saturated rings. The predicted octanol–water partition coefficient (Wildman–Crippen LogP) is 5.93. The monoisotopic (exact) mass is 534 g/mol. The second kappa shape index (κ2) is 12.4. The van der Waals surface area contributed by atoms with E-state index in [1.807, 2.05) is 6.07 Å². The molecule has 0 bridgehead atoms. The number of thioether (sulfide) groups is 1. The first kappa shape index (κ1) is 27.0. The number of nitrogens with one attached hydrogen (secondary N) is 1. The molecule has 38 heavy (non-hydrogen) atoms. The lowest BCUT2D eigenvalue weighted by molar-refractivity contribution is -0.136. The fraction of sp³-hybridized carbons (Fsp3) is 0.138. The van der Waals surface area contributed by atoms with Crippen LogP contribution in [0.3, 0.4) is 0 Å². The summed E-state index contributed by atoms with van der Waals surface area (Å²) < 4.78 is 33.3. The third kappa shape index (κ3) is 6.62. The fourth-order valence-electron chi connectivity index (χ4n) is 3.87. The number of halogens is 2. The van der Waals surface area contributed by atoms with E-state index in [4.69, 9.17) is 9.84 Å². The maximum atomic E-state index is 13.8. The Balaban J connectivity index is 1.47. The van der Waals surface area contributed by atoms with E-state index in [0.717, 1.165) is 11.1 Å². The van der Waals surface area contributed by atoms with E-state index in [1.165, 1.54) is 23.9 Å². The number of aliphatic carboxylic acids is 1. The van der Waals surface area contributed by atoms with Crippen molar-refractivity contribution in [3.8, 4) is 16.9 Å². The molecule has 1 unspecified atom stereocenters. The number of ether oxygens (including phenoxy) is 1. The molecule has 1 aromatic heterocycles. The molecule has 0 aliphatic rings. The highest BCUT2D eigenvalue weighted by atomic mass is 32.2. The average Bonchev–Trinajstić information content (AvgIpc) is 2.94. The van der Waals surface area contributed by atoms with Gasteiger partial charge in [-0.05, 0) is 65.4 Å². The van der Waals surface area contributed by atoms with E-state index in [2.05, 4.69) is 10.3 Å². The molecule has 4 rings (SSSR count). The maximum Gasteiger partial charge on any atom is 0.317 e. The average molecular weight is 535 g/mol. The molecular formula is C29H24F2N2O4S. The van der Waals surface area contributed by atoms with Crippen LogP contribution in [0.5, 0.6) is 5.75 Å². The number of carboxylic acid groups (broad SMARTS) is 1. The van der Waals surface area contributed by atoms with E-state index in [1.54, 1.807) is 73.1 Å². The molecule has 3 aromatic carbocycles. The Morgan fingerprint density at radius 2 is 1.76 bits per heavy atom. The Morgan fingerprint density at radius 3 is 2.45 bits per heavy atom. The number of Topliss-reactive ketones (excluding diaryl/α,β-unsaturated/α-hetero) is 1. The molecule has 4 aromatic rings. The van der Waals surface area contributed by atoms with Crippen LogP contribution in [0.15, 0.2) is 90.0 Å². The molecule has 194 valence electrons. The summed E-state index contributed by atoms with van der Waals surface area (Å²) >= 11 is 1.33. The Morgan fingerprint density at radius 1 is 1.00 bits per heavy atom. The number of rotatable bonds is 11. The SMILES string of the molecule is CSc1cc(F)c(F)cc1-c1ccc(OCc2cccc(C(=O)C(NCC(=O)O)c3ccccn3)c2)cc1. The summed E-state index contributed by atoms with van der Waals surface area (Å²) in [5.74, 6) is -2.62. The van der Waals surface area contributed by atoms with Crippen LogP contribution in [-0.4, -0.2) is 34.6 Å². The lowest BCUT2D eigenvalue weighted by Gasteiger charge is -2.17. The highest BCUT2D eigenvalue weighted by molar-refractivity contribution is 7.98. The van der Waals surface area contributed by atoms with Gasteiger partial charge in [-0.2, -0.15) is 0 Å². The smallest absolute Gasteiger partial charge is 0.317 e. The number of aromatic nitrogens is 1. The molecule has 0 aliphatic carbocycles. The summed E-state index contributed by atoms with van der Waals surface area (Å²) in [5.41, 5.74) is 2.86. The van der Waals surface area contributed by atoms with Crippen molar-refractivity contribution in [3.63, 3.8) is 0 Å². The van der Waals surface area contributed by atoms with E-state index in [0.29, 0.717) is 27.5 Å². The van der Waals surface area contributed by atoms with Crippen molar-refractivity contribution in [2.24, 2.45) is 0 Å². The topological polar surface area (TPSA) is 88.5 Å². The van der Waals surface area contributed by atoms with Crippen molar-refractivity contribution in [1.82, 2.24) is 10.3 Å². The molecule has 0 radical (unpaired) electrons. The van der Waals surface area contributed by atoms with Gasteiger partial charge in [0.2, 0.25) is 0 Å². The number of carbonyl (C=O) groups excluding carboxylic acids is 1. The van der Waals surface area contributed by atoms with Crippen molar-refractivity contribution in [3.05, 3.63) is 114 Å². The minimum Gasteiger partial charge on any atom is -0.489 e. The van der Waals surface area contributed by atoms with Gasteiger partial charge < -0.3 is 9.84 Å². The minimum atomic E-state index is -1.08. The zero-order valence-corrected chi connectivity index (χ0v) is 21.2. The van der Waals surface area contributed by atoms with Gasteiger partial charge in [0.15, 0.2) is 17.4 Å². The van der Waals surface area contributed by atoms with Gasteiger partial charge in [0.05, 0.1) is 12.2 Å². The second-order valence-electron chi connectivity index (χ2n) is 8.31. The standard InChI is InChI=1S/C29H24F2N2O4S/c1-38-26-15-24(31)23(30)14-22(26)19-8-10-21(11-9-19)37-17-18-5-4-6-20(13-18)29(36)28(33-16-27(34)35)25-7-2-3-12-32-25/h2-15,28,33H,16-17H2,1H3,(H,34,35). The van der Waals surface area contributed by atoms with Gasteiger partial charge in [-0.15, -0.1) is 11.8 Å². The van der Waals surface area contributed by atoms with Gasteiger partial charge >= 0.3 is 5.97 Å². The number of hydrogen-bond donors (Lipinski definition) is 2. The second-order valence-corrected chi connectivity index (χ2v) is 9.15. The normalized spacial score (nSPS) is 11.7. The van der Waals surface area contributed by atoms with E-state index in [-0.39, 0.29) is 12.4 Å². The number of carbonyl (C=O) groups is 2. The van der Waals surface area contributed by atoms with Crippen molar-refractivity contribution in [2.75, 3.05) is 12.8 Å². The quantitative estimate of drug-likeness (QED) is 0.182. The highest BCUT2D eigenvalue weighted by Gasteiger charge is 2.24. The zero-order chi connectivity index (χ0) is 27.1. The lowest BCUT2D eigenvalue weighted by Crippen LogP contribution is -2.33. The number of carboxylic acids is 1. The predicted molar refractivity (Wildman–Crippen MR) is 141 cm³/mol. The molecule has 0 spiro atoms. The molecule has 1 atom stereocenters. The highest BCUT2D eigenvalue weighted by Crippen LogP contribution is 2.33. The van der Waals surface area contributed by atoms with Crippen molar-refractivity contribution < 1.29 is 28.2 Å². The third-order valence-electron chi connectivity index (χ3n) is 5.73. The first-order chi connectivity index (χ1) is 18.4. The van der Waals surface area contributed by atoms with Gasteiger partial charge in [-0.3, -0.25) is 19.9 Å². The molecule has 1 heterocycles. The molecule has 0 amide bonds. The van der Waals surface area contributed by atoms with E-state index < -0.39 is 30.2 Å². The Hall–Kier alpha value is -4.08. The summed E-state index contributed by atoms with van der Waals surface area (Å²) in [6.45, 7) is -0.215. The third-order valence-corrected chi connectivity index (χ3v) is 6.51. The molecular weight excluding hydrogens is 510 g/mol. The van der Waals surface area contributed by atoms with Gasteiger partial charge in [-0.25, -0.2) is 8.78 Å². The maximum absolute atomic E-state index is 13.8. The summed E-state index contributed by atoms with van der Waals surface area (Å²) in [6.07, 6.45) is 3.34. The van der Waals surface area contributed by atoms with Crippen LogP contribution in [0.1, 0.15) is 27.7 Å². The molecule has 0 aliphatic heterocycles. The molecule has 6 nitrogen and oxygen atoms in total. The number of pyridine rings is 1. The van der Waals surface area contributed by atoms with Crippen LogP contribution in [0.2, 0.25) is 0 Å². The van der Waals surface area contributed by atoms with Crippen molar-refractivity contribution in [2.45, 2.75) is 17.5 Å². The zero-order valence-electron chi connectivity index (χ0n) is 20.4. The number of benzene rings is 3. The van der Waals surface area contributed by atoms with Gasteiger partial charge in [0.1, 0.15) is 18.4 Å². The molecule has 0 saturated carbocycles. The lowest BCUT2D eigenvalue weighted by atomic mass is 9.99. The van der Waals surface area contributed by atoms with E-state index >= 15 is 0 Å². The number of ketones is 1. The Labute approximate surface area is 222 Å². The molecule has 0 saturated heterocycles. The first-order valence-corrected chi connectivity index (χ1v) is 12.8. The first-order valence-electron chi connectivity index (χ1n) is 11.6. The van der Waals surface area contributed by atoms with Crippen LogP contribution in [0.25, 0.3) is 11.1 Å². The van der Waals surface area contributed by atoms with Crippen LogP contribution < -0.4 is 10.1 Å². The summed E-state index contributed by atoms with van der Waals surface area (Å²) in [7, 11) is 0. The molecule has 9 heteroatoms.